The van der Waals surface area contributed by atoms with Crippen LogP contribution in [0.2, 0.25) is 0 Å². The van der Waals surface area contributed by atoms with Crippen LogP contribution >= 0.6 is 0 Å². The van der Waals surface area contributed by atoms with Crippen LogP contribution in [0.25, 0.3) is 0 Å². The van der Waals surface area contributed by atoms with Gasteiger partial charge in [-0.05, 0) is 18.2 Å². The molecule has 0 aromatic heterocycles. The molecule has 7 heteroatoms. The summed E-state index contributed by atoms with van der Waals surface area (Å²) in [5.74, 6) is -3.69. The maximum absolute atomic E-state index is 9.14. The van der Waals surface area contributed by atoms with Crippen LogP contribution in [-0.2, 0) is 14.4 Å². The van der Waals surface area contributed by atoms with Crippen molar-refractivity contribution in [1.82, 2.24) is 0 Å². The fourth-order valence-electron chi connectivity index (χ4n) is 0. The molecule has 0 bridgehead atoms. The summed E-state index contributed by atoms with van der Waals surface area (Å²) in [5.41, 5.74) is 0. The topological polar surface area (TPSA) is 120 Å². The molecule has 0 amide bonds. The van der Waals surface area contributed by atoms with Crippen molar-refractivity contribution in [2.75, 3.05) is 0 Å². The van der Waals surface area contributed by atoms with E-state index in [2.05, 4.69) is 19.7 Å². The smallest absolute Gasteiger partial charge is 0.545 e. The molecule has 95 valence electrons. The number of carboxylic acid groups (broad SMARTS) is 3. The largest absolute Gasteiger partial charge is 3.00 e. The quantitative estimate of drug-likeness (QED) is 0.471. The van der Waals surface area contributed by atoms with Crippen LogP contribution < -0.4 is 15.3 Å². The van der Waals surface area contributed by atoms with Gasteiger partial charge in [0, 0.05) is 0 Å². The summed E-state index contributed by atoms with van der Waals surface area (Å²) in [6.07, 6.45) is 2.17. The Hall–Kier alpha value is -0.851. The standard InChI is InChI=1S/3C3H4O2.Yb/c3*1-2-3(4)5;/h3*2H,1H2,(H,4,5);/q;;;+3/p-3. The molecule has 16 heavy (non-hydrogen) atoms. The Labute approximate surface area is 131 Å². The number of carbonyl (C=O) groups is 3. The molecule has 0 spiro atoms. The fraction of sp³-hybridized carbons (Fsp3) is 0. The minimum absolute atomic E-state index is 0. The fourth-order valence-corrected chi connectivity index (χ4v) is 0. The Balaban J connectivity index is -0.0000000655. The molecule has 0 unspecified atom stereocenters. The van der Waals surface area contributed by atoms with Crippen molar-refractivity contribution >= 4 is 17.9 Å². The maximum Gasteiger partial charge on any atom is 3.00 e. The average Bonchev–Trinajstić information content (AvgIpc) is 2.19. The molecule has 0 aromatic rings. The molecule has 0 saturated heterocycles. The normalized spacial score (nSPS) is 6.00. The molecule has 0 aromatic carbocycles. The minimum atomic E-state index is -1.23. The summed E-state index contributed by atoms with van der Waals surface area (Å²) < 4.78 is 0. The molecule has 0 N–H and O–H groups in total. The van der Waals surface area contributed by atoms with Crippen LogP contribution in [0, 0.1) is 46.9 Å². The number of rotatable bonds is 3. The zero-order valence-electron chi connectivity index (χ0n) is 8.07. The van der Waals surface area contributed by atoms with Crippen molar-refractivity contribution in [2.24, 2.45) is 0 Å². The Morgan fingerprint density at radius 1 is 0.688 bits per heavy atom. The summed E-state index contributed by atoms with van der Waals surface area (Å²) in [5, 5.41) is 27.4. The maximum atomic E-state index is 9.14. The summed E-state index contributed by atoms with van der Waals surface area (Å²) in [7, 11) is 0. The van der Waals surface area contributed by atoms with Gasteiger partial charge in [0.25, 0.3) is 0 Å². The second-order valence-electron chi connectivity index (χ2n) is 1.57. The molecule has 0 saturated carbocycles. The number of hydrogen-bond donors (Lipinski definition) is 0. The van der Waals surface area contributed by atoms with E-state index < -0.39 is 17.9 Å². The van der Waals surface area contributed by atoms with E-state index in [0.717, 1.165) is 18.2 Å². The van der Waals surface area contributed by atoms with E-state index in [1.54, 1.807) is 0 Å². The number of hydrogen-bond acceptors (Lipinski definition) is 6. The van der Waals surface area contributed by atoms with Crippen molar-refractivity contribution in [1.29, 1.82) is 0 Å². The van der Waals surface area contributed by atoms with Gasteiger partial charge in [-0.1, -0.05) is 19.7 Å². The van der Waals surface area contributed by atoms with Gasteiger partial charge in [-0.3, -0.25) is 0 Å². The van der Waals surface area contributed by atoms with Gasteiger partial charge in [0.05, 0.1) is 17.9 Å². The van der Waals surface area contributed by atoms with E-state index in [0.29, 0.717) is 0 Å². The Kier molecular flexibility index (Phi) is 30.0. The second kappa shape index (κ2) is 19.7. The van der Waals surface area contributed by atoms with Crippen molar-refractivity contribution in [3.8, 4) is 0 Å². The van der Waals surface area contributed by atoms with E-state index in [4.69, 9.17) is 29.7 Å². The SMILES string of the molecule is C=CC(=O)[O-].C=CC(=O)[O-].C=CC(=O)[O-].[Yb+3]. The third-order valence-electron chi connectivity index (χ3n) is 0.500. The van der Waals surface area contributed by atoms with Crippen molar-refractivity contribution in [2.45, 2.75) is 0 Å². The summed E-state index contributed by atoms with van der Waals surface area (Å²) in [6.45, 7) is 8.69. The van der Waals surface area contributed by atoms with Gasteiger partial charge in [0.15, 0.2) is 0 Å². The van der Waals surface area contributed by atoms with E-state index >= 15 is 0 Å². The van der Waals surface area contributed by atoms with Crippen LogP contribution in [0.1, 0.15) is 0 Å². The first-order chi connectivity index (χ1) is 6.81. The van der Waals surface area contributed by atoms with Crippen LogP contribution in [-0.4, -0.2) is 17.9 Å². The summed E-state index contributed by atoms with van der Waals surface area (Å²) >= 11 is 0. The van der Waals surface area contributed by atoms with Gasteiger partial charge in [-0.15, -0.1) is 0 Å². The molecular formula is C9H9O6Yb. The van der Waals surface area contributed by atoms with Gasteiger partial charge in [0.2, 0.25) is 0 Å². The molecule has 0 rings (SSSR count). The molecular weight excluding hydrogens is 377 g/mol. The first-order valence-corrected chi connectivity index (χ1v) is 3.32. The number of carbonyl (C=O) groups excluding carboxylic acids is 3. The van der Waals surface area contributed by atoms with Crippen LogP contribution in [0.4, 0.5) is 0 Å². The molecule has 0 heterocycles. The van der Waals surface area contributed by atoms with Gasteiger partial charge < -0.3 is 29.7 Å². The summed E-state index contributed by atoms with van der Waals surface area (Å²) in [4.78, 5) is 27.4. The van der Waals surface area contributed by atoms with E-state index in [-0.39, 0.29) is 46.9 Å². The Bertz CT molecular complexity index is 216. The number of carboxylic acids is 3. The Morgan fingerprint density at radius 3 is 0.750 bits per heavy atom. The van der Waals surface area contributed by atoms with E-state index in [9.17, 15) is 0 Å². The molecule has 0 aliphatic carbocycles. The zero-order valence-corrected chi connectivity index (χ0v) is 9.78. The second-order valence-corrected chi connectivity index (χ2v) is 1.57. The monoisotopic (exact) mass is 387 g/mol. The molecule has 6 nitrogen and oxygen atoms in total. The van der Waals surface area contributed by atoms with E-state index in [1.807, 2.05) is 0 Å². The van der Waals surface area contributed by atoms with Crippen molar-refractivity contribution in [3.63, 3.8) is 0 Å². The van der Waals surface area contributed by atoms with E-state index in [1.165, 1.54) is 0 Å². The first-order valence-electron chi connectivity index (χ1n) is 3.32. The molecule has 1 radical (unpaired) electrons. The molecule has 0 aliphatic heterocycles. The first kappa shape index (κ1) is 24.4. The number of aliphatic carboxylic acids is 3. The van der Waals surface area contributed by atoms with Crippen molar-refractivity contribution < 1.29 is 76.6 Å². The molecule has 0 aliphatic rings. The van der Waals surface area contributed by atoms with Crippen LogP contribution in [0.5, 0.6) is 0 Å². The van der Waals surface area contributed by atoms with Gasteiger partial charge in [-0.25, -0.2) is 0 Å². The predicted molar refractivity (Wildman–Crippen MR) is 45.6 cm³/mol. The van der Waals surface area contributed by atoms with Gasteiger partial charge in [-0.2, -0.15) is 0 Å². The zero-order chi connectivity index (χ0) is 12.9. The van der Waals surface area contributed by atoms with Crippen LogP contribution in [0.3, 0.4) is 0 Å². The average molecular weight is 386 g/mol. The third kappa shape index (κ3) is 73.2. The third-order valence-corrected chi connectivity index (χ3v) is 0.500. The van der Waals surface area contributed by atoms with Crippen molar-refractivity contribution in [3.05, 3.63) is 38.0 Å². The van der Waals surface area contributed by atoms with Gasteiger partial charge >= 0.3 is 46.9 Å². The molecule has 0 fully saturated rings. The summed E-state index contributed by atoms with van der Waals surface area (Å²) in [6, 6.07) is 0. The van der Waals surface area contributed by atoms with Crippen LogP contribution in [0.15, 0.2) is 38.0 Å². The van der Waals surface area contributed by atoms with Gasteiger partial charge in [0.1, 0.15) is 0 Å². The molecule has 0 atom stereocenters. The minimum Gasteiger partial charge on any atom is -0.545 e. The Morgan fingerprint density at radius 2 is 0.750 bits per heavy atom. The predicted octanol–water partition coefficient (Wildman–Crippen LogP) is -3.23.